The van der Waals surface area contributed by atoms with Crippen LogP contribution < -0.4 is 0 Å². The van der Waals surface area contributed by atoms with Crippen LogP contribution in [0.3, 0.4) is 0 Å². The van der Waals surface area contributed by atoms with Gasteiger partial charge in [0.25, 0.3) is 5.91 Å². The number of aromatic nitrogens is 2. The standard InChI is InChI=1S/C17H21IN4O/c1-13-4-3-5-14(10-13)11-21-6-8-22(9-7-21)17(23)16-15(18)12-20(2)19-16/h3-5,10,12H,6-9,11H2,1-2H3. The van der Waals surface area contributed by atoms with Gasteiger partial charge in [-0.1, -0.05) is 29.8 Å². The Labute approximate surface area is 150 Å². The van der Waals surface area contributed by atoms with Gasteiger partial charge in [0.1, 0.15) is 0 Å². The van der Waals surface area contributed by atoms with Gasteiger partial charge >= 0.3 is 0 Å². The van der Waals surface area contributed by atoms with E-state index >= 15 is 0 Å². The van der Waals surface area contributed by atoms with Crippen LogP contribution in [-0.4, -0.2) is 51.7 Å². The number of piperazine rings is 1. The molecule has 1 aromatic carbocycles. The van der Waals surface area contributed by atoms with Crippen LogP contribution in [0.15, 0.2) is 30.5 Å². The summed E-state index contributed by atoms with van der Waals surface area (Å²) >= 11 is 2.17. The molecule has 5 nitrogen and oxygen atoms in total. The first kappa shape index (κ1) is 16.4. The molecule has 0 spiro atoms. The van der Waals surface area contributed by atoms with Gasteiger partial charge in [-0.2, -0.15) is 5.10 Å². The van der Waals surface area contributed by atoms with Gasteiger partial charge in [0.2, 0.25) is 0 Å². The summed E-state index contributed by atoms with van der Waals surface area (Å²) in [4.78, 5) is 16.9. The number of carbonyl (C=O) groups excluding carboxylic acids is 1. The molecule has 6 heteroatoms. The fourth-order valence-corrected chi connectivity index (χ4v) is 3.67. The molecule has 23 heavy (non-hydrogen) atoms. The Morgan fingerprint density at radius 3 is 2.61 bits per heavy atom. The van der Waals surface area contributed by atoms with Crippen LogP contribution in [0.1, 0.15) is 21.6 Å². The first-order chi connectivity index (χ1) is 11.0. The topological polar surface area (TPSA) is 41.4 Å². The van der Waals surface area contributed by atoms with E-state index in [4.69, 9.17) is 0 Å². The summed E-state index contributed by atoms with van der Waals surface area (Å²) in [6, 6.07) is 8.62. The second-order valence-electron chi connectivity index (χ2n) is 6.06. The smallest absolute Gasteiger partial charge is 0.275 e. The summed E-state index contributed by atoms with van der Waals surface area (Å²) in [6.07, 6.45) is 1.88. The van der Waals surface area contributed by atoms with Gasteiger partial charge in [-0.25, -0.2) is 0 Å². The first-order valence-corrected chi connectivity index (χ1v) is 8.87. The van der Waals surface area contributed by atoms with Gasteiger partial charge in [-0.3, -0.25) is 14.4 Å². The Hall–Kier alpha value is -1.41. The van der Waals surface area contributed by atoms with Crippen molar-refractivity contribution >= 4 is 28.5 Å². The van der Waals surface area contributed by atoms with Crippen LogP contribution in [-0.2, 0) is 13.6 Å². The lowest BCUT2D eigenvalue weighted by Crippen LogP contribution is -2.48. The Balaban J connectivity index is 1.58. The molecule has 1 amide bonds. The number of amides is 1. The van der Waals surface area contributed by atoms with Crippen molar-refractivity contribution in [2.24, 2.45) is 7.05 Å². The van der Waals surface area contributed by atoms with E-state index in [1.807, 2.05) is 18.1 Å². The van der Waals surface area contributed by atoms with Crippen molar-refractivity contribution < 1.29 is 4.79 Å². The van der Waals surface area contributed by atoms with Crippen molar-refractivity contribution in [2.75, 3.05) is 26.2 Å². The van der Waals surface area contributed by atoms with E-state index in [1.165, 1.54) is 11.1 Å². The van der Waals surface area contributed by atoms with Crippen molar-refractivity contribution in [1.29, 1.82) is 0 Å². The largest absolute Gasteiger partial charge is 0.335 e. The van der Waals surface area contributed by atoms with Crippen molar-refractivity contribution in [3.63, 3.8) is 0 Å². The third-order valence-electron chi connectivity index (χ3n) is 4.13. The van der Waals surface area contributed by atoms with Gasteiger partial charge < -0.3 is 4.90 Å². The molecule has 2 heterocycles. The Bertz CT molecular complexity index is 704. The molecule has 122 valence electrons. The third-order valence-corrected chi connectivity index (χ3v) is 4.92. The number of nitrogens with zero attached hydrogens (tertiary/aromatic N) is 4. The highest BCUT2D eigenvalue weighted by Crippen LogP contribution is 2.15. The predicted octanol–water partition coefficient (Wildman–Crippen LogP) is 2.29. The monoisotopic (exact) mass is 424 g/mol. The third kappa shape index (κ3) is 3.92. The van der Waals surface area contributed by atoms with E-state index < -0.39 is 0 Å². The Morgan fingerprint density at radius 1 is 1.26 bits per heavy atom. The Kier molecular flexibility index (Phi) is 5.01. The highest BCUT2D eigenvalue weighted by atomic mass is 127. The minimum absolute atomic E-state index is 0.0465. The molecule has 1 aliphatic heterocycles. The molecule has 0 unspecified atom stereocenters. The maximum absolute atomic E-state index is 12.6. The minimum atomic E-state index is 0.0465. The average molecular weight is 424 g/mol. The fourth-order valence-electron chi connectivity index (χ4n) is 2.93. The summed E-state index contributed by atoms with van der Waals surface area (Å²) in [6.45, 7) is 6.40. The van der Waals surface area contributed by atoms with E-state index in [-0.39, 0.29) is 5.91 Å². The second-order valence-corrected chi connectivity index (χ2v) is 7.22. The molecule has 0 saturated carbocycles. The normalized spacial score (nSPS) is 15.9. The Morgan fingerprint density at radius 2 is 2.00 bits per heavy atom. The SMILES string of the molecule is Cc1cccc(CN2CCN(C(=O)c3nn(C)cc3I)CC2)c1. The molecule has 1 aliphatic rings. The van der Waals surface area contributed by atoms with E-state index in [9.17, 15) is 4.79 Å². The van der Waals surface area contributed by atoms with Crippen LogP contribution in [0.2, 0.25) is 0 Å². The van der Waals surface area contributed by atoms with Gasteiger partial charge in [0, 0.05) is 46.0 Å². The summed E-state index contributed by atoms with van der Waals surface area (Å²) in [5.41, 5.74) is 3.20. The molecule has 3 rings (SSSR count). The predicted molar refractivity (Wildman–Crippen MR) is 98.3 cm³/mol. The number of hydrogen-bond acceptors (Lipinski definition) is 3. The zero-order chi connectivity index (χ0) is 16.4. The van der Waals surface area contributed by atoms with Crippen molar-refractivity contribution in [1.82, 2.24) is 19.6 Å². The molecule has 0 N–H and O–H groups in total. The first-order valence-electron chi connectivity index (χ1n) is 7.79. The summed E-state index contributed by atoms with van der Waals surface area (Å²) in [7, 11) is 1.85. The molecule has 1 aromatic heterocycles. The molecule has 0 radical (unpaired) electrons. The lowest BCUT2D eigenvalue weighted by Gasteiger charge is -2.34. The van der Waals surface area contributed by atoms with Crippen LogP contribution in [0.5, 0.6) is 0 Å². The number of carbonyl (C=O) groups is 1. The van der Waals surface area contributed by atoms with Crippen molar-refractivity contribution in [3.05, 3.63) is 50.9 Å². The fraction of sp³-hybridized carbons (Fsp3) is 0.412. The lowest BCUT2D eigenvalue weighted by molar-refractivity contribution is 0.0621. The maximum Gasteiger partial charge on any atom is 0.275 e. The molecule has 1 saturated heterocycles. The zero-order valence-corrected chi connectivity index (χ0v) is 15.7. The van der Waals surface area contributed by atoms with E-state index in [0.717, 1.165) is 36.3 Å². The van der Waals surface area contributed by atoms with Gasteiger partial charge in [0.05, 0.1) is 3.57 Å². The molecule has 2 aromatic rings. The van der Waals surface area contributed by atoms with Crippen molar-refractivity contribution in [2.45, 2.75) is 13.5 Å². The quantitative estimate of drug-likeness (QED) is 0.711. The molecular formula is C17H21IN4O. The van der Waals surface area contributed by atoms with Crippen LogP contribution in [0.25, 0.3) is 0 Å². The molecule has 0 bridgehead atoms. The molecule has 0 atom stereocenters. The number of rotatable bonds is 3. The van der Waals surface area contributed by atoms with Crippen LogP contribution >= 0.6 is 22.6 Å². The van der Waals surface area contributed by atoms with Gasteiger partial charge in [-0.15, -0.1) is 0 Å². The highest BCUT2D eigenvalue weighted by molar-refractivity contribution is 14.1. The lowest BCUT2D eigenvalue weighted by atomic mass is 10.1. The van der Waals surface area contributed by atoms with E-state index in [0.29, 0.717) is 5.69 Å². The van der Waals surface area contributed by atoms with Gasteiger partial charge in [0.15, 0.2) is 5.69 Å². The molecule has 1 fully saturated rings. The number of aryl methyl sites for hydroxylation is 2. The number of benzene rings is 1. The molecule has 0 aliphatic carbocycles. The average Bonchev–Trinajstić information content (AvgIpc) is 2.86. The maximum atomic E-state index is 12.6. The summed E-state index contributed by atoms with van der Waals surface area (Å²) in [5, 5.41) is 4.29. The van der Waals surface area contributed by atoms with Gasteiger partial charge in [-0.05, 0) is 35.1 Å². The minimum Gasteiger partial charge on any atom is -0.335 e. The van der Waals surface area contributed by atoms with Crippen molar-refractivity contribution in [3.8, 4) is 0 Å². The molecular weight excluding hydrogens is 403 g/mol. The number of halogens is 1. The summed E-state index contributed by atoms with van der Waals surface area (Å²) in [5.74, 6) is 0.0465. The van der Waals surface area contributed by atoms with E-state index in [1.54, 1.807) is 4.68 Å². The van der Waals surface area contributed by atoms with Crippen LogP contribution in [0, 0.1) is 10.5 Å². The summed E-state index contributed by atoms with van der Waals surface area (Å²) < 4.78 is 2.61. The van der Waals surface area contributed by atoms with E-state index in [2.05, 4.69) is 63.8 Å². The second kappa shape index (κ2) is 7.00. The zero-order valence-electron chi connectivity index (χ0n) is 13.5. The van der Waals surface area contributed by atoms with Crippen LogP contribution in [0.4, 0.5) is 0 Å². The number of hydrogen-bond donors (Lipinski definition) is 0. The highest BCUT2D eigenvalue weighted by Gasteiger charge is 2.25.